The van der Waals surface area contributed by atoms with Crippen molar-refractivity contribution < 1.29 is 4.74 Å². The van der Waals surface area contributed by atoms with Crippen LogP contribution in [0.4, 0.5) is 5.69 Å². The topological polar surface area (TPSA) is 21.3 Å². The molecule has 0 aliphatic carbocycles. The first-order chi connectivity index (χ1) is 7.16. The molecule has 1 aliphatic rings. The third kappa shape index (κ3) is 2.85. The quantitative estimate of drug-likeness (QED) is 0.789. The molecule has 0 bridgehead atoms. The summed E-state index contributed by atoms with van der Waals surface area (Å²) < 4.78 is 7.89. The molecule has 0 spiro atoms. The zero-order chi connectivity index (χ0) is 10.8. The smallest absolute Gasteiger partial charge is 0.0748 e. The Morgan fingerprint density at radius 2 is 2.33 bits per heavy atom. The zero-order valence-corrected chi connectivity index (χ0v) is 12.2. The lowest BCUT2D eigenvalue weighted by Gasteiger charge is -2.17. The summed E-state index contributed by atoms with van der Waals surface area (Å²) in [5.74, 6) is 0. The molecule has 4 heteroatoms. The predicted molar refractivity (Wildman–Crippen MR) is 74.3 cm³/mol. The van der Waals surface area contributed by atoms with Crippen molar-refractivity contribution >= 4 is 44.2 Å². The third-order valence-electron chi connectivity index (χ3n) is 2.65. The molecule has 1 N–H and O–H groups in total. The summed E-state index contributed by atoms with van der Waals surface area (Å²) >= 11 is 5.82. The summed E-state index contributed by atoms with van der Waals surface area (Å²) in [5, 5.41) is 3.51. The van der Waals surface area contributed by atoms with E-state index in [0.717, 1.165) is 17.5 Å². The number of anilines is 1. The molecule has 1 fully saturated rings. The van der Waals surface area contributed by atoms with Crippen LogP contribution in [0.15, 0.2) is 22.7 Å². The van der Waals surface area contributed by atoms with Gasteiger partial charge in [0, 0.05) is 20.3 Å². The normalized spacial score (nSPS) is 25.5. The molecule has 15 heavy (non-hydrogen) atoms. The first-order valence-corrected chi connectivity index (χ1v) is 6.87. The first-order valence-electron chi connectivity index (χ1n) is 5.00. The fourth-order valence-electron chi connectivity index (χ4n) is 1.72. The largest absolute Gasteiger partial charge is 0.380 e. The Morgan fingerprint density at radius 1 is 1.53 bits per heavy atom. The minimum absolute atomic E-state index is 0.311. The molecule has 2 atom stereocenters. The van der Waals surface area contributed by atoms with Crippen LogP contribution in [0.1, 0.15) is 13.3 Å². The van der Waals surface area contributed by atoms with Crippen molar-refractivity contribution in [3.63, 3.8) is 0 Å². The second-order valence-corrected chi connectivity index (χ2v) is 5.76. The lowest BCUT2D eigenvalue weighted by Crippen LogP contribution is -2.26. The minimum Gasteiger partial charge on any atom is -0.380 e. The van der Waals surface area contributed by atoms with Crippen LogP contribution in [0.2, 0.25) is 0 Å². The Balaban J connectivity index is 2.07. The van der Waals surface area contributed by atoms with Gasteiger partial charge in [0.15, 0.2) is 0 Å². The van der Waals surface area contributed by atoms with Gasteiger partial charge in [0.2, 0.25) is 0 Å². The summed E-state index contributed by atoms with van der Waals surface area (Å²) in [4.78, 5) is 0. The highest BCUT2D eigenvalue weighted by Gasteiger charge is 2.23. The molecule has 0 radical (unpaired) electrons. The van der Waals surface area contributed by atoms with E-state index < -0.39 is 0 Å². The SMILES string of the molecule is CC1OCCC1Nc1ccc(Br)c(I)c1. The lowest BCUT2D eigenvalue weighted by atomic mass is 10.1. The Labute approximate surface area is 112 Å². The fourth-order valence-corrected chi connectivity index (χ4v) is 2.48. The maximum absolute atomic E-state index is 5.52. The van der Waals surface area contributed by atoms with E-state index >= 15 is 0 Å². The standard InChI is InChI=1S/C11H13BrINO/c1-7-11(4-5-15-7)14-8-2-3-9(12)10(13)6-8/h2-3,6-7,11,14H,4-5H2,1H3. The van der Waals surface area contributed by atoms with Crippen molar-refractivity contribution in [2.75, 3.05) is 11.9 Å². The number of rotatable bonds is 2. The zero-order valence-electron chi connectivity index (χ0n) is 8.47. The lowest BCUT2D eigenvalue weighted by molar-refractivity contribution is 0.121. The number of halogens is 2. The van der Waals surface area contributed by atoms with Crippen LogP contribution in [0.25, 0.3) is 0 Å². The average Bonchev–Trinajstić information content (AvgIpc) is 2.59. The van der Waals surface area contributed by atoms with Crippen LogP contribution in [0.5, 0.6) is 0 Å². The molecular formula is C11H13BrINO. The number of benzene rings is 1. The van der Waals surface area contributed by atoms with E-state index in [0.29, 0.717) is 12.1 Å². The minimum atomic E-state index is 0.311. The molecule has 1 aromatic carbocycles. The highest BCUT2D eigenvalue weighted by Crippen LogP contribution is 2.25. The van der Waals surface area contributed by atoms with E-state index in [4.69, 9.17) is 4.74 Å². The van der Waals surface area contributed by atoms with Crippen LogP contribution >= 0.6 is 38.5 Å². The van der Waals surface area contributed by atoms with Gasteiger partial charge in [-0.15, -0.1) is 0 Å². The summed E-state index contributed by atoms with van der Waals surface area (Å²) in [6, 6.07) is 6.76. The average molecular weight is 382 g/mol. The number of nitrogens with one attached hydrogen (secondary N) is 1. The van der Waals surface area contributed by atoms with Gasteiger partial charge in [-0.1, -0.05) is 0 Å². The van der Waals surface area contributed by atoms with Crippen LogP contribution < -0.4 is 5.32 Å². The molecule has 2 unspecified atom stereocenters. The van der Waals surface area contributed by atoms with Crippen molar-refractivity contribution in [2.45, 2.75) is 25.5 Å². The summed E-state index contributed by atoms with van der Waals surface area (Å²) in [7, 11) is 0. The van der Waals surface area contributed by atoms with Crippen LogP contribution in [-0.4, -0.2) is 18.8 Å². The van der Waals surface area contributed by atoms with E-state index in [1.807, 2.05) is 0 Å². The molecule has 2 nitrogen and oxygen atoms in total. The van der Waals surface area contributed by atoms with Crippen molar-refractivity contribution in [1.82, 2.24) is 0 Å². The molecular weight excluding hydrogens is 369 g/mol. The summed E-state index contributed by atoms with van der Waals surface area (Å²) in [5.41, 5.74) is 1.17. The fraction of sp³-hybridized carbons (Fsp3) is 0.455. The van der Waals surface area contributed by atoms with Gasteiger partial charge in [0.1, 0.15) is 0 Å². The molecule has 0 amide bonds. The van der Waals surface area contributed by atoms with Crippen molar-refractivity contribution in [1.29, 1.82) is 0 Å². The maximum Gasteiger partial charge on any atom is 0.0748 e. The van der Waals surface area contributed by atoms with E-state index in [-0.39, 0.29) is 0 Å². The van der Waals surface area contributed by atoms with E-state index in [9.17, 15) is 0 Å². The van der Waals surface area contributed by atoms with E-state index in [2.05, 4.69) is 69.0 Å². The highest BCUT2D eigenvalue weighted by molar-refractivity contribution is 14.1. The van der Waals surface area contributed by atoms with Crippen LogP contribution in [0.3, 0.4) is 0 Å². The Morgan fingerprint density at radius 3 is 2.93 bits per heavy atom. The molecule has 1 aliphatic heterocycles. The van der Waals surface area contributed by atoms with Gasteiger partial charge in [0.25, 0.3) is 0 Å². The summed E-state index contributed by atoms with van der Waals surface area (Å²) in [6.45, 7) is 2.99. The van der Waals surface area contributed by atoms with Gasteiger partial charge in [-0.25, -0.2) is 0 Å². The third-order valence-corrected chi connectivity index (χ3v) is 4.97. The van der Waals surface area contributed by atoms with Gasteiger partial charge < -0.3 is 10.1 Å². The molecule has 0 saturated carbocycles. The van der Waals surface area contributed by atoms with Gasteiger partial charge >= 0.3 is 0 Å². The molecule has 2 rings (SSSR count). The van der Waals surface area contributed by atoms with Crippen LogP contribution in [0, 0.1) is 3.57 Å². The van der Waals surface area contributed by atoms with Crippen molar-refractivity contribution in [2.24, 2.45) is 0 Å². The molecule has 0 aromatic heterocycles. The number of ether oxygens (including phenoxy) is 1. The second kappa shape index (κ2) is 5.01. The van der Waals surface area contributed by atoms with Gasteiger partial charge in [-0.2, -0.15) is 0 Å². The number of hydrogen-bond acceptors (Lipinski definition) is 2. The highest BCUT2D eigenvalue weighted by atomic mass is 127. The Hall–Kier alpha value is 0.190. The van der Waals surface area contributed by atoms with E-state index in [1.54, 1.807) is 0 Å². The van der Waals surface area contributed by atoms with Gasteiger partial charge in [-0.3, -0.25) is 0 Å². The molecule has 1 aromatic rings. The maximum atomic E-state index is 5.52. The van der Waals surface area contributed by atoms with Gasteiger partial charge in [-0.05, 0) is 70.1 Å². The van der Waals surface area contributed by atoms with Crippen molar-refractivity contribution in [3.8, 4) is 0 Å². The predicted octanol–water partition coefficient (Wildman–Crippen LogP) is 3.64. The van der Waals surface area contributed by atoms with Crippen molar-refractivity contribution in [3.05, 3.63) is 26.2 Å². The molecule has 1 saturated heterocycles. The van der Waals surface area contributed by atoms with E-state index in [1.165, 1.54) is 9.26 Å². The Kier molecular flexibility index (Phi) is 3.90. The second-order valence-electron chi connectivity index (χ2n) is 3.74. The Bertz CT molecular complexity index is 358. The van der Waals surface area contributed by atoms with Gasteiger partial charge in [0.05, 0.1) is 12.1 Å². The molecule has 82 valence electrons. The first kappa shape index (κ1) is 11.7. The summed E-state index contributed by atoms with van der Waals surface area (Å²) in [6.07, 6.45) is 1.40. The number of hydrogen-bond donors (Lipinski definition) is 1. The molecule has 1 heterocycles. The van der Waals surface area contributed by atoms with Crippen LogP contribution in [-0.2, 0) is 4.74 Å². The monoisotopic (exact) mass is 381 g/mol.